The summed E-state index contributed by atoms with van der Waals surface area (Å²) in [6.07, 6.45) is 3.22. The van der Waals surface area contributed by atoms with Gasteiger partial charge in [-0.3, -0.25) is 0 Å². The topological polar surface area (TPSA) is 38.9 Å². The van der Waals surface area contributed by atoms with Crippen LogP contribution in [0.3, 0.4) is 0 Å². The molecule has 0 bridgehead atoms. The molecule has 0 atom stereocenters. The Labute approximate surface area is 80.4 Å². The molecule has 2 heterocycles. The Kier molecular flexibility index (Phi) is 2.02. The molecule has 4 heteroatoms. The van der Waals surface area contributed by atoms with Crippen molar-refractivity contribution in [1.82, 2.24) is 9.97 Å². The van der Waals surface area contributed by atoms with E-state index in [9.17, 15) is 0 Å². The zero-order chi connectivity index (χ0) is 9.26. The molecule has 2 aromatic rings. The van der Waals surface area contributed by atoms with E-state index in [4.69, 9.17) is 16.0 Å². The number of aromatic nitrogens is 2. The minimum absolute atomic E-state index is 0.522. The Balaban J connectivity index is 2.41. The van der Waals surface area contributed by atoms with Gasteiger partial charge in [-0.25, -0.2) is 9.97 Å². The van der Waals surface area contributed by atoms with Gasteiger partial charge in [0.15, 0.2) is 0 Å². The lowest BCUT2D eigenvalue weighted by Gasteiger charge is -1.93. The van der Waals surface area contributed by atoms with Gasteiger partial charge in [0.25, 0.3) is 0 Å². The van der Waals surface area contributed by atoms with Gasteiger partial charge in [0.05, 0.1) is 11.2 Å². The number of pyridine rings is 1. The first-order valence-corrected chi connectivity index (χ1v) is 4.18. The van der Waals surface area contributed by atoms with Crippen molar-refractivity contribution < 1.29 is 4.42 Å². The van der Waals surface area contributed by atoms with E-state index in [2.05, 4.69) is 9.97 Å². The van der Waals surface area contributed by atoms with Gasteiger partial charge in [-0.05, 0) is 19.1 Å². The van der Waals surface area contributed by atoms with Gasteiger partial charge in [0.2, 0.25) is 5.89 Å². The lowest BCUT2D eigenvalue weighted by molar-refractivity contribution is 0.540. The summed E-state index contributed by atoms with van der Waals surface area (Å²) >= 11 is 5.69. The maximum absolute atomic E-state index is 5.69. The second kappa shape index (κ2) is 3.18. The number of aryl methyl sites for hydroxylation is 1. The lowest BCUT2D eigenvalue weighted by Crippen LogP contribution is -1.81. The Morgan fingerprint density at radius 1 is 1.23 bits per heavy atom. The molecule has 0 fully saturated rings. The maximum atomic E-state index is 5.69. The third kappa shape index (κ3) is 1.70. The molecule has 0 spiro atoms. The van der Waals surface area contributed by atoms with Crippen molar-refractivity contribution in [2.24, 2.45) is 0 Å². The lowest BCUT2D eigenvalue weighted by atomic mass is 10.3. The first kappa shape index (κ1) is 8.26. The predicted molar refractivity (Wildman–Crippen MR) is 49.5 cm³/mol. The summed E-state index contributed by atoms with van der Waals surface area (Å²) in [7, 11) is 0. The van der Waals surface area contributed by atoms with Gasteiger partial charge in [0.1, 0.15) is 11.5 Å². The predicted octanol–water partition coefficient (Wildman–Crippen LogP) is 2.70. The maximum Gasteiger partial charge on any atom is 0.245 e. The average Bonchev–Trinajstić information content (AvgIpc) is 2.53. The summed E-state index contributed by atoms with van der Waals surface area (Å²) in [5.74, 6) is 1.29. The van der Waals surface area contributed by atoms with E-state index in [1.807, 2.05) is 6.92 Å². The molecule has 13 heavy (non-hydrogen) atoms. The normalized spacial score (nSPS) is 10.3. The molecule has 0 amide bonds. The number of halogens is 1. The molecular formula is C9H7ClN2O. The molecular weight excluding hydrogens is 188 g/mol. The smallest absolute Gasteiger partial charge is 0.245 e. The van der Waals surface area contributed by atoms with Crippen molar-refractivity contribution in [1.29, 1.82) is 0 Å². The molecule has 0 unspecified atom stereocenters. The average molecular weight is 195 g/mol. The van der Waals surface area contributed by atoms with E-state index < -0.39 is 0 Å². The van der Waals surface area contributed by atoms with Gasteiger partial charge in [-0.15, -0.1) is 0 Å². The highest BCUT2D eigenvalue weighted by Crippen LogP contribution is 2.17. The number of oxazole rings is 1. The minimum atomic E-state index is 0.522. The summed E-state index contributed by atoms with van der Waals surface area (Å²) in [6.45, 7) is 1.84. The standard InChI is InChI=1S/C9H7ClN2O/c1-6-4-12-9(13-6)8-3-2-7(10)5-11-8/h2-5H,1H3. The molecule has 0 aliphatic carbocycles. The fourth-order valence-electron chi connectivity index (χ4n) is 0.975. The zero-order valence-electron chi connectivity index (χ0n) is 6.99. The quantitative estimate of drug-likeness (QED) is 0.701. The van der Waals surface area contributed by atoms with Crippen LogP contribution in [0.4, 0.5) is 0 Å². The van der Waals surface area contributed by atoms with Crippen LogP contribution in [-0.2, 0) is 0 Å². The van der Waals surface area contributed by atoms with Crippen molar-refractivity contribution in [2.45, 2.75) is 6.92 Å². The van der Waals surface area contributed by atoms with E-state index in [1.165, 1.54) is 0 Å². The van der Waals surface area contributed by atoms with E-state index in [0.29, 0.717) is 16.6 Å². The fourth-order valence-corrected chi connectivity index (χ4v) is 1.09. The van der Waals surface area contributed by atoms with Crippen molar-refractivity contribution in [2.75, 3.05) is 0 Å². The van der Waals surface area contributed by atoms with Crippen LogP contribution in [0, 0.1) is 6.92 Å². The second-order valence-corrected chi connectivity index (χ2v) is 3.07. The highest BCUT2D eigenvalue weighted by atomic mass is 35.5. The van der Waals surface area contributed by atoms with Gasteiger partial charge in [-0.2, -0.15) is 0 Å². The third-order valence-corrected chi connectivity index (χ3v) is 1.79. The van der Waals surface area contributed by atoms with E-state index in [0.717, 1.165) is 5.76 Å². The third-order valence-electron chi connectivity index (χ3n) is 1.57. The summed E-state index contributed by atoms with van der Waals surface area (Å²) < 4.78 is 5.29. The second-order valence-electron chi connectivity index (χ2n) is 2.64. The van der Waals surface area contributed by atoms with Gasteiger partial charge >= 0.3 is 0 Å². The van der Waals surface area contributed by atoms with Crippen LogP contribution < -0.4 is 0 Å². The van der Waals surface area contributed by atoms with Crippen LogP contribution in [0.25, 0.3) is 11.6 Å². The minimum Gasteiger partial charge on any atom is -0.440 e. The summed E-state index contributed by atoms with van der Waals surface area (Å²) in [6, 6.07) is 3.52. The Morgan fingerprint density at radius 3 is 2.62 bits per heavy atom. The largest absolute Gasteiger partial charge is 0.440 e. The van der Waals surface area contributed by atoms with E-state index in [1.54, 1.807) is 24.5 Å². The molecule has 2 rings (SSSR count). The summed E-state index contributed by atoms with van der Waals surface area (Å²) in [5, 5.41) is 0.604. The van der Waals surface area contributed by atoms with Crippen molar-refractivity contribution >= 4 is 11.6 Å². The van der Waals surface area contributed by atoms with Crippen molar-refractivity contribution in [3.05, 3.63) is 35.3 Å². The Morgan fingerprint density at radius 2 is 2.08 bits per heavy atom. The van der Waals surface area contributed by atoms with Crippen LogP contribution >= 0.6 is 11.6 Å². The molecule has 66 valence electrons. The number of nitrogens with zero attached hydrogens (tertiary/aromatic N) is 2. The van der Waals surface area contributed by atoms with Crippen molar-refractivity contribution in [3.8, 4) is 11.6 Å². The monoisotopic (exact) mass is 194 g/mol. The Bertz CT molecular complexity index is 408. The van der Waals surface area contributed by atoms with Crippen molar-refractivity contribution in [3.63, 3.8) is 0 Å². The molecule has 0 aromatic carbocycles. The summed E-state index contributed by atoms with van der Waals surface area (Å²) in [4.78, 5) is 8.12. The molecule has 3 nitrogen and oxygen atoms in total. The number of hydrogen-bond donors (Lipinski definition) is 0. The van der Waals surface area contributed by atoms with Gasteiger partial charge in [0, 0.05) is 6.20 Å². The molecule has 0 saturated carbocycles. The molecule has 0 N–H and O–H groups in total. The highest BCUT2D eigenvalue weighted by molar-refractivity contribution is 6.30. The first-order chi connectivity index (χ1) is 6.25. The molecule has 0 aliphatic rings. The SMILES string of the molecule is Cc1cnc(-c2ccc(Cl)cn2)o1. The summed E-state index contributed by atoms with van der Waals surface area (Å²) in [5.41, 5.74) is 0.692. The number of rotatable bonds is 1. The molecule has 0 radical (unpaired) electrons. The van der Waals surface area contributed by atoms with Crippen LogP contribution in [-0.4, -0.2) is 9.97 Å². The van der Waals surface area contributed by atoms with Crippen LogP contribution in [0.1, 0.15) is 5.76 Å². The van der Waals surface area contributed by atoms with E-state index >= 15 is 0 Å². The molecule has 2 aromatic heterocycles. The van der Waals surface area contributed by atoms with E-state index in [-0.39, 0.29) is 0 Å². The van der Waals surface area contributed by atoms with Crippen LogP contribution in [0.5, 0.6) is 0 Å². The number of hydrogen-bond acceptors (Lipinski definition) is 3. The molecule has 0 aliphatic heterocycles. The van der Waals surface area contributed by atoms with Crippen LogP contribution in [0.2, 0.25) is 5.02 Å². The van der Waals surface area contributed by atoms with Gasteiger partial charge in [-0.1, -0.05) is 11.6 Å². The first-order valence-electron chi connectivity index (χ1n) is 3.80. The fraction of sp³-hybridized carbons (Fsp3) is 0.111. The molecule has 0 saturated heterocycles. The van der Waals surface area contributed by atoms with Gasteiger partial charge < -0.3 is 4.42 Å². The van der Waals surface area contributed by atoms with Crippen LogP contribution in [0.15, 0.2) is 28.9 Å². The Hall–Kier alpha value is -1.35. The highest BCUT2D eigenvalue weighted by Gasteiger charge is 2.04. The zero-order valence-corrected chi connectivity index (χ0v) is 7.75.